The van der Waals surface area contributed by atoms with E-state index < -0.39 is 0 Å². The summed E-state index contributed by atoms with van der Waals surface area (Å²) < 4.78 is 5.84. The van der Waals surface area contributed by atoms with Crippen LogP contribution in [-0.4, -0.2) is 61.3 Å². The smallest absolute Gasteiger partial charge is 0.321 e. The maximum atomic E-state index is 12.8. The normalized spacial score (nSPS) is 19.5. The largest absolute Gasteiger partial charge is 0.457 e. The van der Waals surface area contributed by atoms with Gasteiger partial charge in [-0.25, -0.2) is 4.79 Å². The number of para-hydroxylation sites is 1. The number of hydrogen-bond acceptors (Lipinski definition) is 4. The second kappa shape index (κ2) is 9.08. The van der Waals surface area contributed by atoms with Gasteiger partial charge in [-0.2, -0.15) is 0 Å². The Morgan fingerprint density at radius 1 is 1.18 bits per heavy atom. The minimum atomic E-state index is -0.267. The molecule has 0 spiro atoms. The zero-order chi connectivity index (χ0) is 20.0. The van der Waals surface area contributed by atoms with Crippen LogP contribution in [0, 0.1) is 5.41 Å². The predicted octanol–water partition coefficient (Wildman–Crippen LogP) is 3.65. The van der Waals surface area contributed by atoms with Gasteiger partial charge < -0.3 is 25.0 Å². The number of likely N-dealkylation sites (tertiary alicyclic amines) is 1. The average molecular weight is 383 g/mol. The summed E-state index contributed by atoms with van der Waals surface area (Å²) in [6, 6.07) is 16.8. The molecule has 2 aromatic carbocycles. The molecule has 1 aliphatic rings. The highest BCUT2D eigenvalue weighted by atomic mass is 16.5. The molecule has 1 heterocycles. The molecule has 0 aliphatic carbocycles. The summed E-state index contributed by atoms with van der Waals surface area (Å²) in [6.07, 6.45) is 1.81. The van der Waals surface area contributed by atoms with Crippen molar-refractivity contribution in [3.05, 3.63) is 54.6 Å². The van der Waals surface area contributed by atoms with E-state index in [1.807, 2.05) is 68.7 Å². The number of ether oxygens (including phenoxy) is 1. The number of nitrogens with one attached hydrogen (secondary N) is 1. The topological polar surface area (TPSA) is 65.0 Å². The first-order valence-electron chi connectivity index (χ1n) is 9.64. The Morgan fingerprint density at radius 3 is 2.64 bits per heavy atom. The average Bonchev–Trinajstić information content (AvgIpc) is 2.69. The number of nitrogens with zero attached hydrogens (tertiary/aromatic N) is 2. The van der Waals surface area contributed by atoms with Crippen molar-refractivity contribution in [2.24, 2.45) is 5.41 Å². The third-order valence-corrected chi connectivity index (χ3v) is 5.00. The van der Waals surface area contributed by atoms with Gasteiger partial charge in [0.2, 0.25) is 0 Å². The molecule has 1 fully saturated rings. The van der Waals surface area contributed by atoms with Gasteiger partial charge in [0.25, 0.3) is 0 Å². The molecule has 0 saturated carbocycles. The summed E-state index contributed by atoms with van der Waals surface area (Å²) in [5.74, 6) is 1.42. The van der Waals surface area contributed by atoms with E-state index in [0.29, 0.717) is 24.5 Å². The van der Waals surface area contributed by atoms with Gasteiger partial charge >= 0.3 is 6.03 Å². The summed E-state index contributed by atoms with van der Waals surface area (Å²) in [4.78, 5) is 16.7. The van der Waals surface area contributed by atoms with Crippen molar-refractivity contribution < 1.29 is 14.6 Å². The molecular formula is C22H29N3O3. The van der Waals surface area contributed by atoms with Gasteiger partial charge in [0.15, 0.2) is 0 Å². The van der Waals surface area contributed by atoms with Gasteiger partial charge in [-0.15, -0.1) is 0 Å². The zero-order valence-corrected chi connectivity index (χ0v) is 16.6. The zero-order valence-electron chi connectivity index (χ0n) is 16.6. The molecule has 1 atom stereocenters. The van der Waals surface area contributed by atoms with Crippen LogP contribution in [0.15, 0.2) is 54.6 Å². The molecule has 1 aliphatic heterocycles. The highest BCUT2D eigenvalue weighted by Crippen LogP contribution is 2.31. The van der Waals surface area contributed by atoms with Crippen LogP contribution in [0.4, 0.5) is 10.5 Å². The van der Waals surface area contributed by atoms with E-state index >= 15 is 0 Å². The second-order valence-corrected chi connectivity index (χ2v) is 7.79. The molecule has 6 nitrogen and oxygen atoms in total. The monoisotopic (exact) mass is 383 g/mol. The lowest BCUT2D eigenvalue weighted by Crippen LogP contribution is -2.52. The van der Waals surface area contributed by atoms with Crippen molar-refractivity contribution in [3.8, 4) is 11.5 Å². The Hall–Kier alpha value is -2.57. The minimum absolute atomic E-state index is 0.0787. The Bertz CT molecular complexity index is 782. The highest BCUT2D eigenvalue weighted by molar-refractivity contribution is 5.89. The third kappa shape index (κ3) is 5.24. The van der Waals surface area contributed by atoms with Crippen molar-refractivity contribution in [2.45, 2.75) is 12.8 Å². The lowest BCUT2D eigenvalue weighted by atomic mass is 9.80. The minimum Gasteiger partial charge on any atom is -0.457 e. The Morgan fingerprint density at radius 2 is 1.93 bits per heavy atom. The lowest BCUT2D eigenvalue weighted by molar-refractivity contribution is 0.0294. The maximum Gasteiger partial charge on any atom is 0.321 e. The van der Waals surface area contributed by atoms with E-state index in [9.17, 15) is 9.90 Å². The molecule has 0 bridgehead atoms. The standard InChI is InChI=1S/C22H29N3O3/c1-24(2)15-22(17-26)12-7-13-25(16-22)21(27)23-18-8-6-11-20(14-18)28-19-9-4-3-5-10-19/h3-6,8-11,14,26H,7,12-13,15-17H2,1-2H3,(H,23,27)/t22-/m1/s1. The van der Waals surface area contributed by atoms with Gasteiger partial charge in [0.1, 0.15) is 11.5 Å². The molecular weight excluding hydrogens is 354 g/mol. The first kappa shape index (κ1) is 20.2. The lowest BCUT2D eigenvalue weighted by Gasteiger charge is -2.43. The highest BCUT2D eigenvalue weighted by Gasteiger charge is 2.37. The van der Waals surface area contributed by atoms with Crippen molar-refractivity contribution >= 4 is 11.7 Å². The van der Waals surface area contributed by atoms with Crippen LogP contribution >= 0.6 is 0 Å². The Balaban J connectivity index is 1.65. The quantitative estimate of drug-likeness (QED) is 0.799. The number of hydrogen-bond donors (Lipinski definition) is 2. The Labute approximate surface area is 166 Å². The first-order chi connectivity index (χ1) is 13.5. The van der Waals surface area contributed by atoms with E-state index in [2.05, 4.69) is 10.2 Å². The number of rotatable bonds is 6. The second-order valence-electron chi connectivity index (χ2n) is 7.79. The maximum absolute atomic E-state index is 12.8. The fourth-order valence-corrected chi connectivity index (χ4v) is 3.82. The van der Waals surface area contributed by atoms with Crippen molar-refractivity contribution in [2.75, 3.05) is 45.7 Å². The van der Waals surface area contributed by atoms with Crippen LogP contribution in [0.5, 0.6) is 11.5 Å². The summed E-state index contributed by atoms with van der Waals surface area (Å²) in [5, 5.41) is 12.9. The van der Waals surface area contributed by atoms with Crippen LogP contribution in [-0.2, 0) is 0 Å². The van der Waals surface area contributed by atoms with E-state index in [0.717, 1.165) is 25.1 Å². The van der Waals surface area contributed by atoms with Crippen LogP contribution < -0.4 is 10.1 Å². The summed E-state index contributed by atoms with van der Waals surface area (Å²) in [7, 11) is 3.99. The molecule has 28 heavy (non-hydrogen) atoms. The number of carbonyl (C=O) groups excluding carboxylic acids is 1. The number of aliphatic hydroxyl groups is 1. The van der Waals surface area contributed by atoms with E-state index in [1.165, 1.54) is 0 Å². The summed E-state index contributed by atoms with van der Waals surface area (Å²) >= 11 is 0. The number of carbonyl (C=O) groups is 1. The van der Waals surface area contributed by atoms with E-state index in [1.54, 1.807) is 4.90 Å². The van der Waals surface area contributed by atoms with Crippen LogP contribution in [0.2, 0.25) is 0 Å². The van der Waals surface area contributed by atoms with Crippen molar-refractivity contribution in [1.82, 2.24) is 9.80 Å². The molecule has 3 rings (SSSR count). The Kier molecular flexibility index (Phi) is 6.54. The number of anilines is 1. The molecule has 6 heteroatoms. The molecule has 2 amide bonds. The number of amides is 2. The van der Waals surface area contributed by atoms with Gasteiger partial charge in [-0.3, -0.25) is 0 Å². The van der Waals surface area contributed by atoms with Gasteiger partial charge in [0.05, 0.1) is 6.61 Å². The van der Waals surface area contributed by atoms with E-state index in [4.69, 9.17) is 4.74 Å². The summed E-state index contributed by atoms with van der Waals surface area (Å²) in [6.45, 7) is 2.08. The molecule has 0 unspecified atom stereocenters. The molecule has 1 saturated heterocycles. The molecule has 0 radical (unpaired) electrons. The first-order valence-corrected chi connectivity index (χ1v) is 9.64. The van der Waals surface area contributed by atoms with Gasteiger partial charge in [0, 0.05) is 36.8 Å². The SMILES string of the molecule is CN(C)C[C@]1(CO)CCCN(C(=O)Nc2cccc(Oc3ccccc3)c2)C1. The molecule has 150 valence electrons. The van der Waals surface area contributed by atoms with Crippen LogP contribution in [0.3, 0.4) is 0 Å². The van der Waals surface area contributed by atoms with Crippen LogP contribution in [0.25, 0.3) is 0 Å². The van der Waals surface area contributed by atoms with Crippen LogP contribution in [0.1, 0.15) is 12.8 Å². The molecule has 0 aromatic heterocycles. The summed E-state index contributed by atoms with van der Waals surface area (Å²) in [5.41, 5.74) is 0.420. The van der Waals surface area contributed by atoms with Crippen molar-refractivity contribution in [1.29, 1.82) is 0 Å². The van der Waals surface area contributed by atoms with E-state index in [-0.39, 0.29) is 18.1 Å². The fourth-order valence-electron chi connectivity index (χ4n) is 3.82. The molecule has 2 aromatic rings. The number of benzene rings is 2. The number of piperidine rings is 1. The fraction of sp³-hybridized carbons (Fsp3) is 0.409. The predicted molar refractivity (Wildman–Crippen MR) is 111 cm³/mol. The molecule has 2 N–H and O–H groups in total. The third-order valence-electron chi connectivity index (χ3n) is 5.00. The number of aliphatic hydroxyl groups excluding tert-OH is 1. The van der Waals surface area contributed by atoms with Gasteiger partial charge in [-0.1, -0.05) is 24.3 Å². The number of urea groups is 1. The van der Waals surface area contributed by atoms with Gasteiger partial charge in [-0.05, 0) is 51.2 Å². The van der Waals surface area contributed by atoms with Crippen molar-refractivity contribution in [3.63, 3.8) is 0 Å².